The number of nitrogens with one attached hydrogen (secondary N) is 1. The number of rotatable bonds is 8. The first kappa shape index (κ1) is 28.4. The van der Waals surface area contributed by atoms with Crippen molar-refractivity contribution in [3.63, 3.8) is 0 Å². The number of hydrogen-bond donors (Lipinski definition) is 1. The molecule has 1 heterocycles. The summed E-state index contributed by atoms with van der Waals surface area (Å²) in [6.45, 7) is 1.37. The molecule has 0 saturated carbocycles. The maximum atomic E-state index is 13.3. The number of fused-ring (bicyclic) bond motifs is 1. The van der Waals surface area contributed by atoms with Crippen molar-refractivity contribution in [2.45, 2.75) is 19.7 Å². The van der Waals surface area contributed by atoms with Gasteiger partial charge in [-0.2, -0.15) is 13.2 Å². The molecule has 1 aromatic heterocycles. The molecule has 5 aromatic rings. The summed E-state index contributed by atoms with van der Waals surface area (Å²) in [5.74, 6) is -1.03. The van der Waals surface area contributed by atoms with Crippen LogP contribution in [-0.4, -0.2) is 23.5 Å². The van der Waals surface area contributed by atoms with Crippen molar-refractivity contribution < 1.29 is 32.2 Å². The molecule has 1 amide bonds. The number of aromatic nitrogens is 1. The summed E-state index contributed by atoms with van der Waals surface area (Å²) < 4.78 is 51.0. The van der Waals surface area contributed by atoms with Crippen LogP contribution in [0.1, 0.15) is 27.0 Å². The van der Waals surface area contributed by atoms with Crippen molar-refractivity contribution in [1.82, 2.24) is 4.98 Å². The van der Waals surface area contributed by atoms with Gasteiger partial charge in [0.15, 0.2) is 6.61 Å². The van der Waals surface area contributed by atoms with Gasteiger partial charge in [0.1, 0.15) is 12.4 Å². The standard InChI is InChI=1S/C33H25F3N2O4/c1-21-30(32(40)42-20-29(39)37-28-14-8-6-12-26(28)33(34,35)36)25-11-5-7-13-27(25)38-31(21)23-15-17-24(18-16-23)41-19-22-9-3-2-4-10-22/h2-18H,19-20H2,1H3,(H,37,39). The van der Waals surface area contributed by atoms with Gasteiger partial charge in [0.25, 0.3) is 5.91 Å². The number of carbonyl (C=O) groups is 2. The minimum absolute atomic E-state index is 0.212. The molecule has 0 bridgehead atoms. The number of halogens is 3. The van der Waals surface area contributed by atoms with Crippen molar-refractivity contribution >= 4 is 28.5 Å². The van der Waals surface area contributed by atoms with Crippen LogP contribution in [0.4, 0.5) is 18.9 Å². The first-order valence-corrected chi connectivity index (χ1v) is 13.0. The van der Waals surface area contributed by atoms with Crippen molar-refractivity contribution in [1.29, 1.82) is 0 Å². The number of alkyl halides is 3. The highest BCUT2D eigenvalue weighted by Gasteiger charge is 2.33. The average molecular weight is 571 g/mol. The molecule has 0 spiro atoms. The predicted molar refractivity (Wildman–Crippen MR) is 153 cm³/mol. The first-order valence-electron chi connectivity index (χ1n) is 13.0. The summed E-state index contributed by atoms with van der Waals surface area (Å²) in [4.78, 5) is 30.5. The zero-order valence-corrected chi connectivity index (χ0v) is 22.4. The second-order valence-electron chi connectivity index (χ2n) is 9.44. The minimum atomic E-state index is -4.66. The van der Waals surface area contributed by atoms with Gasteiger partial charge in [-0.1, -0.05) is 60.7 Å². The summed E-state index contributed by atoms with van der Waals surface area (Å²) in [5.41, 5.74) is 2.17. The van der Waals surface area contributed by atoms with E-state index in [1.807, 2.05) is 54.6 Å². The molecule has 0 aliphatic rings. The Hall–Kier alpha value is -5.18. The third kappa shape index (κ3) is 6.41. The Morgan fingerprint density at radius 1 is 0.833 bits per heavy atom. The van der Waals surface area contributed by atoms with Gasteiger partial charge >= 0.3 is 12.1 Å². The molecule has 0 unspecified atom stereocenters. The number of nitrogens with zero attached hydrogens (tertiary/aromatic N) is 1. The van der Waals surface area contributed by atoms with E-state index in [0.717, 1.165) is 23.3 Å². The molecule has 5 rings (SSSR count). The minimum Gasteiger partial charge on any atom is -0.489 e. The number of carbonyl (C=O) groups excluding carboxylic acids is 2. The third-order valence-corrected chi connectivity index (χ3v) is 6.56. The number of hydrogen-bond acceptors (Lipinski definition) is 5. The highest BCUT2D eigenvalue weighted by Crippen LogP contribution is 2.35. The van der Waals surface area contributed by atoms with Crippen molar-refractivity contribution in [3.05, 3.63) is 125 Å². The van der Waals surface area contributed by atoms with E-state index in [9.17, 15) is 22.8 Å². The van der Waals surface area contributed by atoms with Crippen LogP contribution in [-0.2, 0) is 22.3 Å². The zero-order chi connectivity index (χ0) is 29.7. The Balaban J connectivity index is 1.35. The third-order valence-electron chi connectivity index (χ3n) is 6.56. The van der Waals surface area contributed by atoms with Gasteiger partial charge in [0.2, 0.25) is 0 Å². The Kier molecular flexibility index (Phi) is 8.19. The van der Waals surface area contributed by atoms with Gasteiger partial charge < -0.3 is 14.8 Å². The monoisotopic (exact) mass is 570 g/mol. The Labute approximate surface area is 239 Å². The fourth-order valence-electron chi connectivity index (χ4n) is 4.53. The molecule has 6 nitrogen and oxygen atoms in total. The quantitative estimate of drug-likeness (QED) is 0.194. The van der Waals surface area contributed by atoms with Crippen LogP contribution in [0.3, 0.4) is 0 Å². The van der Waals surface area contributed by atoms with Crippen LogP contribution in [0.2, 0.25) is 0 Å². The number of anilines is 1. The Bertz CT molecular complexity index is 1740. The van der Waals surface area contributed by atoms with Gasteiger partial charge in [-0.15, -0.1) is 0 Å². The zero-order valence-electron chi connectivity index (χ0n) is 22.4. The lowest BCUT2D eigenvalue weighted by Crippen LogP contribution is -2.23. The molecule has 42 heavy (non-hydrogen) atoms. The smallest absolute Gasteiger partial charge is 0.418 e. The lowest BCUT2D eigenvalue weighted by molar-refractivity contribution is -0.137. The lowest BCUT2D eigenvalue weighted by Gasteiger charge is -2.15. The van der Waals surface area contributed by atoms with Crippen LogP contribution in [0.25, 0.3) is 22.2 Å². The number of esters is 1. The maximum absolute atomic E-state index is 13.3. The van der Waals surface area contributed by atoms with Gasteiger partial charge in [-0.05, 0) is 60.5 Å². The number of para-hydroxylation sites is 2. The molecule has 212 valence electrons. The van der Waals surface area contributed by atoms with Gasteiger partial charge in [0.05, 0.1) is 28.0 Å². The molecule has 1 N–H and O–H groups in total. The number of benzene rings is 4. The molecule has 0 aliphatic heterocycles. The molecule has 0 atom stereocenters. The normalized spacial score (nSPS) is 11.2. The van der Waals surface area contributed by atoms with Crippen LogP contribution in [0.15, 0.2) is 103 Å². The van der Waals surface area contributed by atoms with Gasteiger partial charge in [-0.25, -0.2) is 9.78 Å². The molecule has 0 aliphatic carbocycles. The maximum Gasteiger partial charge on any atom is 0.418 e. The van der Waals surface area contributed by atoms with E-state index in [2.05, 4.69) is 5.32 Å². The first-order chi connectivity index (χ1) is 20.2. The summed E-state index contributed by atoms with van der Waals surface area (Å²) in [6, 6.07) is 28.7. The van der Waals surface area contributed by atoms with E-state index in [1.54, 1.807) is 31.2 Å². The van der Waals surface area contributed by atoms with E-state index in [0.29, 0.717) is 34.5 Å². The molecule has 0 saturated heterocycles. The van der Waals surface area contributed by atoms with E-state index in [1.165, 1.54) is 12.1 Å². The Morgan fingerprint density at radius 2 is 1.50 bits per heavy atom. The highest BCUT2D eigenvalue weighted by molar-refractivity contribution is 6.07. The molecular formula is C33H25F3N2O4. The number of pyridine rings is 1. The van der Waals surface area contributed by atoms with Crippen LogP contribution in [0, 0.1) is 6.92 Å². The van der Waals surface area contributed by atoms with Crippen molar-refractivity contribution in [3.8, 4) is 17.0 Å². The predicted octanol–water partition coefficient (Wildman–Crippen LogP) is 7.60. The van der Waals surface area contributed by atoms with Gasteiger partial charge in [0, 0.05) is 10.9 Å². The fraction of sp³-hybridized carbons (Fsp3) is 0.121. The largest absolute Gasteiger partial charge is 0.489 e. The second kappa shape index (κ2) is 12.1. The summed E-state index contributed by atoms with van der Waals surface area (Å²) in [7, 11) is 0. The average Bonchev–Trinajstić information content (AvgIpc) is 2.99. The summed E-state index contributed by atoms with van der Waals surface area (Å²) in [6.07, 6.45) is -4.66. The highest BCUT2D eigenvalue weighted by atomic mass is 19.4. The van der Waals surface area contributed by atoms with Crippen LogP contribution >= 0.6 is 0 Å². The SMILES string of the molecule is Cc1c(-c2ccc(OCc3ccccc3)cc2)nc2ccccc2c1C(=O)OCC(=O)Nc1ccccc1C(F)(F)F. The van der Waals surface area contributed by atoms with Crippen LogP contribution in [0.5, 0.6) is 5.75 Å². The number of ether oxygens (including phenoxy) is 2. The Morgan fingerprint density at radius 3 is 2.24 bits per heavy atom. The van der Waals surface area contributed by atoms with E-state index in [-0.39, 0.29) is 5.56 Å². The van der Waals surface area contributed by atoms with E-state index in [4.69, 9.17) is 14.5 Å². The summed E-state index contributed by atoms with van der Waals surface area (Å²) >= 11 is 0. The van der Waals surface area contributed by atoms with Gasteiger partial charge in [-0.3, -0.25) is 4.79 Å². The molecule has 9 heteroatoms. The molecule has 0 fully saturated rings. The lowest BCUT2D eigenvalue weighted by atomic mass is 9.97. The van der Waals surface area contributed by atoms with Crippen molar-refractivity contribution in [2.24, 2.45) is 0 Å². The topological polar surface area (TPSA) is 77.5 Å². The molecule has 4 aromatic carbocycles. The molecular weight excluding hydrogens is 545 g/mol. The second-order valence-corrected chi connectivity index (χ2v) is 9.44. The fourth-order valence-corrected chi connectivity index (χ4v) is 4.53. The van der Waals surface area contributed by atoms with E-state index >= 15 is 0 Å². The molecule has 0 radical (unpaired) electrons. The summed E-state index contributed by atoms with van der Waals surface area (Å²) in [5, 5.41) is 2.70. The van der Waals surface area contributed by atoms with E-state index < -0.39 is 35.9 Å². The van der Waals surface area contributed by atoms with Crippen molar-refractivity contribution in [2.75, 3.05) is 11.9 Å². The number of amides is 1. The van der Waals surface area contributed by atoms with Crippen LogP contribution < -0.4 is 10.1 Å².